The summed E-state index contributed by atoms with van der Waals surface area (Å²) in [6, 6.07) is 13.6. The van der Waals surface area contributed by atoms with E-state index in [2.05, 4.69) is 23.9 Å². The first kappa shape index (κ1) is 22.6. The van der Waals surface area contributed by atoms with Crippen LogP contribution >= 0.6 is 0 Å². The van der Waals surface area contributed by atoms with Crippen LogP contribution in [0.1, 0.15) is 50.3 Å². The van der Waals surface area contributed by atoms with E-state index < -0.39 is 10.0 Å². The molecule has 2 aromatic carbocycles. The lowest BCUT2D eigenvalue weighted by molar-refractivity contribution is -0.793. The summed E-state index contributed by atoms with van der Waals surface area (Å²) in [7, 11) is -3.89. The maximum Gasteiger partial charge on any atom is 0.299 e. The molecule has 7 nitrogen and oxygen atoms in total. The Balaban J connectivity index is 1.79. The molecule has 0 fully saturated rings. The van der Waals surface area contributed by atoms with E-state index in [1.165, 1.54) is 10.2 Å². The van der Waals surface area contributed by atoms with Gasteiger partial charge in [0.15, 0.2) is 0 Å². The molecule has 33 heavy (non-hydrogen) atoms. The second kappa shape index (κ2) is 9.51. The van der Waals surface area contributed by atoms with E-state index in [4.69, 9.17) is 4.63 Å². The Hall–Kier alpha value is -3.57. The number of benzene rings is 2. The summed E-state index contributed by atoms with van der Waals surface area (Å²) in [6.45, 7) is 4.04. The maximum atomic E-state index is 13.4. The predicted octanol–water partition coefficient (Wildman–Crippen LogP) is 4.80. The van der Waals surface area contributed by atoms with Crippen LogP contribution in [0.25, 0.3) is 22.2 Å². The molecule has 2 heterocycles. The summed E-state index contributed by atoms with van der Waals surface area (Å²) in [6.07, 6.45) is 6.50. The Morgan fingerprint density at radius 2 is 1.85 bits per heavy atom. The molecule has 4 rings (SSSR count). The van der Waals surface area contributed by atoms with Crippen LogP contribution in [0.5, 0.6) is 0 Å². The van der Waals surface area contributed by atoms with Gasteiger partial charge in [-0.2, -0.15) is 0 Å². The van der Waals surface area contributed by atoms with Crippen LogP contribution in [0.4, 0.5) is 0 Å². The Labute approximate surface area is 193 Å². The fourth-order valence-electron chi connectivity index (χ4n) is 3.70. The van der Waals surface area contributed by atoms with Crippen molar-refractivity contribution in [3.63, 3.8) is 0 Å². The average Bonchev–Trinajstić information content (AvgIpc) is 3.37. The third kappa shape index (κ3) is 4.50. The molecule has 0 N–H and O–H groups in total. The summed E-state index contributed by atoms with van der Waals surface area (Å²) in [4.78, 5) is 0.443. The largest absolute Gasteiger partial charge is 0.359 e. The number of nitrogens with zero attached hydrogens (tertiary/aromatic N) is 3. The van der Waals surface area contributed by atoms with Gasteiger partial charge in [0.2, 0.25) is 5.69 Å². The smallest absolute Gasteiger partial charge is 0.299 e. The van der Waals surface area contributed by atoms with Gasteiger partial charge in [-0.3, -0.25) is 4.63 Å². The summed E-state index contributed by atoms with van der Waals surface area (Å²) in [5.41, 5.74) is 2.10. The monoisotopic (exact) mass is 463 g/mol. The predicted molar refractivity (Wildman–Crippen MR) is 126 cm³/mol. The van der Waals surface area contributed by atoms with Crippen molar-refractivity contribution in [2.45, 2.75) is 50.8 Å². The van der Waals surface area contributed by atoms with Crippen LogP contribution in [-0.2, 0) is 10.0 Å². The van der Waals surface area contributed by atoms with Crippen LogP contribution in [-0.4, -0.2) is 17.5 Å². The van der Waals surface area contributed by atoms with Gasteiger partial charge in [-0.05, 0) is 42.4 Å². The lowest BCUT2D eigenvalue weighted by atomic mass is 10.1. The summed E-state index contributed by atoms with van der Waals surface area (Å²) >= 11 is 0. The Kier molecular flexibility index (Phi) is 6.52. The molecule has 4 aromatic rings. The minimum Gasteiger partial charge on any atom is -0.359 e. The highest BCUT2D eigenvalue weighted by Crippen LogP contribution is 2.32. The zero-order chi connectivity index (χ0) is 23.4. The van der Waals surface area contributed by atoms with Gasteiger partial charge >= 0.3 is 0 Å². The molecule has 0 radical (unpaired) electrons. The van der Waals surface area contributed by atoms with Crippen molar-refractivity contribution in [2.75, 3.05) is 0 Å². The molecule has 0 aliphatic carbocycles. The zero-order valence-electron chi connectivity index (χ0n) is 18.6. The van der Waals surface area contributed by atoms with Crippen molar-refractivity contribution in [3.05, 3.63) is 71.2 Å². The van der Waals surface area contributed by atoms with E-state index in [-0.39, 0.29) is 21.2 Å². The van der Waals surface area contributed by atoms with Crippen LogP contribution in [0.2, 0.25) is 0 Å². The molecule has 0 spiro atoms. The van der Waals surface area contributed by atoms with Gasteiger partial charge < -0.3 is 5.21 Å². The van der Waals surface area contributed by atoms with E-state index in [0.717, 1.165) is 31.2 Å². The van der Waals surface area contributed by atoms with Crippen molar-refractivity contribution in [1.82, 2.24) is 9.13 Å². The Morgan fingerprint density at radius 3 is 2.61 bits per heavy atom. The first-order valence-electron chi connectivity index (χ1n) is 10.9. The average molecular weight is 464 g/mol. The number of rotatable bonds is 7. The van der Waals surface area contributed by atoms with E-state index >= 15 is 0 Å². The van der Waals surface area contributed by atoms with Gasteiger partial charge in [0.05, 0.1) is 21.1 Å². The van der Waals surface area contributed by atoms with Crippen LogP contribution in [0, 0.1) is 24.0 Å². The third-order valence-electron chi connectivity index (χ3n) is 5.49. The number of aromatic nitrogens is 3. The third-order valence-corrected chi connectivity index (χ3v) is 7.17. The van der Waals surface area contributed by atoms with Gasteiger partial charge in [-0.15, -0.1) is 0 Å². The highest BCUT2D eigenvalue weighted by Gasteiger charge is 2.27. The number of aryl methyl sites for hydroxylation is 1. The maximum absolute atomic E-state index is 13.4. The molecule has 0 aliphatic heterocycles. The molecule has 0 amide bonds. The van der Waals surface area contributed by atoms with E-state index in [1.807, 2.05) is 6.92 Å². The normalized spacial score (nSPS) is 11.5. The molecule has 0 unspecified atom stereocenters. The molecule has 170 valence electrons. The van der Waals surface area contributed by atoms with E-state index in [1.54, 1.807) is 48.5 Å². The van der Waals surface area contributed by atoms with Crippen molar-refractivity contribution in [3.8, 4) is 23.1 Å². The van der Waals surface area contributed by atoms with Gasteiger partial charge in [0.1, 0.15) is 0 Å². The van der Waals surface area contributed by atoms with Gasteiger partial charge in [-0.25, -0.2) is 12.4 Å². The lowest BCUT2D eigenvalue weighted by Crippen LogP contribution is -2.25. The van der Waals surface area contributed by atoms with Crippen LogP contribution in [0.3, 0.4) is 0 Å². The zero-order valence-corrected chi connectivity index (χ0v) is 19.4. The number of fused-ring (bicyclic) bond motifs is 1. The topological polar surface area (TPSA) is 92.0 Å². The Bertz CT molecular complexity index is 1440. The molecular weight excluding hydrogens is 438 g/mol. The highest BCUT2D eigenvalue weighted by molar-refractivity contribution is 7.90. The van der Waals surface area contributed by atoms with Gasteiger partial charge in [-0.1, -0.05) is 68.0 Å². The van der Waals surface area contributed by atoms with Crippen molar-refractivity contribution in [2.24, 2.45) is 0 Å². The first-order chi connectivity index (χ1) is 15.9. The number of hydrogen-bond donors (Lipinski definition) is 0. The molecular formula is C25H25N3O4S. The first-order valence-corrected chi connectivity index (χ1v) is 12.4. The van der Waals surface area contributed by atoms with Gasteiger partial charge in [0, 0.05) is 18.0 Å². The summed E-state index contributed by atoms with van der Waals surface area (Å²) in [5.74, 6) is 5.98. The summed E-state index contributed by atoms with van der Waals surface area (Å²) < 4.78 is 32.9. The number of para-hydroxylation sites is 1. The molecule has 0 aliphatic rings. The van der Waals surface area contributed by atoms with Gasteiger partial charge in [0.25, 0.3) is 15.7 Å². The second-order valence-electron chi connectivity index (χ2n) is 7.91. The molecule has 0 bridgehead atoms. The van der Waals surface area contributed by atoms with E-state index in [9.17, 15) is 13.6 Å². The SMILES string of the molecule is CCCCCCC#Cc1no[n+]([O-])c1-c1cn(S(=O)(=O)c2ccc(C)cc2)c2ccccc12. The lowest BCUT2D eigenvalue weighted by Gasteiger charge is -2.07. The fraction of sp³-hybridized carbons (Fsp3) is 0.280. The minimum absolute atomic E-state index is 0.102. The fourth-order valence-corrected chi connectivity index (χ4v) is 5.07. The standard InChI is InChI=1S/C25H25N3O4S/c1-3-4-5-6-7-8-12-23-25(28(29)32-26-23)22-18-27(24-13-10-9-11-21(22)24)33(30,31)20-16-14-19(2)15-17-20/h9-11,13-18H,3-7H2,1-2H3. The molecule has 0 saturated heterocycles. The Morgan fingerprint density at radius 1 is 1.09 bits per heavy atom. The second-order valence-corrected chi connectivity index (χ2v) is 9.73. The van der Waals surface area contributed by atoms with E-state index in [0.29, 0.717) is 22.9 Å². The molecule has 8 heteroatoms. The van der Waals surface area contributed by atoms with Crippen LogP contribution in [0.15, 0.2) is 64.3 Å². The molecule has 2 aromatic heterocycles. The highest BCUT2D eigenvalue weighted by atomic mass is 32.2. The molecule has 0 saturated carbocycles. The quantitative estimate of drug-likeness (QED) is 0.223. The van der Waals surface area contributed by atoms with Crippen molar-refractivity contribution < 1.29 is 17.9 Å². The molecule has 0 atom stereocenters. The summed E-state index contributed by atoms with van der Waals surface area (Å²) in [5, 5.41) is 16.9. The number of hydrogen-bond acceptors (Lipinski definition) is 5. The van der Waals surface area contributed by atoms with Crippen molar-refractivity contribution in [1.29, 1.82) is 0 Å². The number of unbranched alkanes of at least 4 members (excludes halogenated alkanes) is 4. The van der Waals surface area contributed by atoms with Crippen molar-refractivity contribution >= 4 is 20.9 Å². The van der Waals surface area contributed by atoms with Crippen LogP contribution < -0.4 is 4.90 Å². The minimum atomic E-state index is -3.89.